The van der Waals surface area contributed by atoms with Gasteiger partial charge in [-0.25, -0.2) is 4.98 Å². The summed E-state index contributed by atoms with van der Waals surface area (Å²) in [5.41, 5.74) is 2.31. The van der Waals surface area contributed by atoms with Gasteiger partial charge in [-0.2, -0.15) is 0 Å². The molecule has 1 heterocycles. The first-order valence-corrected chi connectivity index (χ1v) is 7.66. The van der Waals surface area contributed by atoms with Gasteiger partial charge in [-0.05, 0) is 42.8 Å². The average Bonchev–Trinajstić information content (AvgIpc) is 2.96. The van der Waals surface area contributed by atoms with Crippen LogP contribution in [0.2, 0.25) is 5.02 Å². The van der Waals surface area contributed by atoms with Crippen LogP contribution in [0.15, 0.2) is 58.1 Å². The van der Waals surface area contributed by atoms with Gasteiger partial charge in [-0.3, -0.25) is 0 Å². The fraction of sp³-hybridized carbons (Fsp3) is 0.111. The minimum atomic E-state index is 0.245. The molecule has 0 saturated carbocycles. The predicted molar refractivity (Wildman–Crippen MR) is 91.8 cm³/mol. The number of aryl methyl sites for hydroxylation is 1. The zero-order valence-electron chi connectivity index (χ0n) is 12.9. The maximum atomic E-state index is 8.54. The highest BCUT2D eigenvalue weighted by Crippen LogP contribution is 2.27. The summed E-state index contributed by atoms with van der Waals surface area (Å²) in [6, 6.07) is 14.8. The van der Waals surface area contributed by atoms with Crippen molar-refractivity contribution >= 4 is 17.8 Å². The largest absolute Gasteiger partial charge is 0.486 e. The normalized spacial score (nSPS) is 11.1. The molecule has 3 rings (SSSR count). The Bertz CT molecular complexity index is 860. The van der Waals surface area contributed by atoms with E-state index in [0.29, 0.717) is 33.7 Å². The number of aromatic nitrogens is 1. The summed E-state index contributed by atoms with van der Waals surface area (Å²) >= 11 is 6.16. The zero-order valence-corrected chi connectivity index (χ0v) is 13.7. The summed E-state index contributed by atoms with van der Waals surface area (Å²) in [6.07, 6.45) is 1.30. The lowest BCUT2D eigenvalue weighted by Crippen LogP contribution is -1.98. The summed E-state index contributed by atoms with van der Waals surface area (Å²) in [6.45, 7) is 2.09. The van der Waals surface area contributed by atoms with Gasteiger partial charge < -0.3 is 14.4 Å². The Morgan fingerprint density at radius 2 is 2.04 bits per heavy atom. The van der Waals surface area contributed by atoms with Crippen molar-refractivity contribution in [2.75, 3.05) is 0 Å². The molecule has 5 nitrogen and oxygen atoms in total. The number of hydrogen-bond donors (Lipinski definition) is 1. The first-order valence-electron chi connectivity index (χ1n) is 7.29. The fourth-order valence-corrected chi connectivity index (χ4v) is 2.44. The van der Waals surface area contributed by atoms with Gasteiger partial charge in [0.1, 0.15) is 23.8 Å². The molecule has 0 saturated heterocycles. The molecule has 0 bridgehead atoms. The lowest BCUT2D eigenvalue weighted by atomic mass is 10.2. The van der Waals surface area contributed by atoms with Crippen molar-refractivity contribution in [2.45, 2.75) is 13.5 Å². The summed E-state index contributed by atoms with van der Waals surface area (Å²) in [5, 5.41) is 11.9. The second kappa shape index (κ2) is 7.19. The van der Waals surface area contributed by atoms with Crippen molar-refractivity contribution in [1.82, 2.24) is 4.98 Å². The third kappa shape index (κ3) is 3.58. The van der Waals surface area contributed by atoms with Gasteiger partial charge in [0.25, 0.3) is 0 Å². The van der Waals surface area contributed by atoms with Crippen molar-refractivity contribution in [3.05, 3.63) is 70.6 Å². The molecule has 1 N–H and O–H groups in total. The van der Waals surface area contributed by atoms with E-state index < -0.39 is 0 Å². The third-order valence-corrected chi connectivity index (χ3v) is 3.74. The van der Waals surface area contributed by atoms with Gasteiger partial charge in [0.15, 0.2) is 0 Å². The van der Waals surface area contributed by atoms with Crippen LogP contribution in [0.1, 0.15) is 17.0 Å². The molecule has 3 aromatic rings. The van der Waals surface area contributed by atoms with Crippen LogP contribution in [0.25, 0.3) is 11.5 Å². The van der Waals surface area contributed by atoms with E-state index in [1.165, 1.54) is 6.21 Å². The second-order valence-electron chi connectivity index (χ2n) is 5.11. The SMILES string of the molecule is Cc1oc(-c2ccccc2)nc1COc1ccc(/C=N/O)cc1Cl. The minimum absolute atomic E-state index is 0.245. The highest BCUT2D eigenvalue weighted by atomic mass is 35.5. The molecule has 122 valence electrons. The van der Waals surface area contributed by atoms with Crippen LogP contribution in [0.3, 0.4) is 0 Å². The van der Waals surface area contributed by atoms with Gasteiger partial charge in [0.2, 0.25) is 5.89 Å². The van der Waals surface area contributed by atoms with Crippen LogP contribution in [0.4, 0.5) is 0 Å². The number of halogens is 1. The number of oxazole rings is 1. The second-order valence-corrected chi connectivity index (χ2v) is 5.52. The monoisotopic (exact) mass is 342 g/mol. The first kappa shape index (κ1) is 16.1. The fourth-order valence-electron chi connectivity index (χ4n) is 2.19. The van der Waals surface area contributed by atoms with Crippen LogP contribution < -0.4 is 4.74 Å². The van der Waals surface area contributed by atoms with E-state index in [4.69, 9.17) is 26.0 Å². The predicted octanol–water partition coefficient (Wildman–Crippen LogP) is 4.69. The van der Waals surface area contributed by atoms with E-state index in [1.807, 2.05) is 37.3 Å². The van der Waals surface area contributed by atoms with Crippen molar-refractivity contribution in [3.63, 3.8) is 0 Å². The standard InChI is InChI=1S/C18H15ClN2O3/c1-12-16(21-18(24-12)14-5-3-2-4-6-14)11-23-17-8-7-13(10-20-22)9-15(17)19/h2-10,22H,11H2,1H3/b20-10+. The minimum Gasteiger partial charge on any atom is -0.486 e. The molecule has 0 aliphatic heterocycles. The lowest BCUT2D eigenvalue weighted by Gasteiger charge is -2.07. The molecule has 0 atom stereocenters. The highest BCUT2D eigenvalue weighted by Gasteiger charge is 2.12. The van der Waals surface area contributed by atoms with E-state index in [1.54, 1.807) is 18.2 Å². The number of ether oxygens (including phenoxy) is 1. The summed E-state index contributed by atoms with van der Waals surface area (Å²) in [7, 11) is 0. The van der Waals surface area contributed by atoms with Crippen molar-refractivity contribution in [1.29, 1.82) is 0 Å². The Kier molecular flexibility index (Phi) is 4.82. The third-order valence-electron chi connectivity index (χ3n) is 3.44. The molecular formula is C18H15ClN2O3. The van der Waals surface area contributed by atoms with Gasteiger partial charge in [-0.1, -0.05) is 35.0 Å². The molecular weight excluding hydrogens is 328 g/mol. The van der Waals surface area contributed by atoms with E-state index >= 15 is 0 Å². The van der Waals surface area contributed by atoms with E-state index in [-0.39, 0.29) is 6.61 Å². The van der Waals surface area contributed by atoms with Crippen LogP contribution in [0, 0.1) is 6.92 Å². The average molecular weight is 343 g/mol. The van der Waals surface area contributed by atoms with Crippen molar-refractivity contribution < 1.29 is 14.4 Å². The van der Waals surface area contributed by atoms with Crippen molar-refractivity contribution in [3.8, 4) is 17.2 Å². The number of hydrogen-bond acceptors (Lipinski definition) is 5. The summed E-state index contributed by atoms with van der Waals surface area (Å²) in [4.78, 5) is 4.48. The molecule has 0 aliphatic rings. The highest BCUT2D eigenvalue weighted by molar-refractivity contribution is 6.32. The van der Waals surface area contributed by atoms with E-state index in [9.17, 15) is 0 Å². The van der Waals surface area contributed by atoms with Crippen LogP contribution in [-0.4, -0.2) is 16.4 Å². The quantitative estimate of drug-likeness (QED) is 0.415. The lowest BCUT2D eigenvalue weighted by molar-refractivity contribution is 0.299. The Morgan fingerprint density at radius 1 is 1.25 bits per heavy atom. The molecule has 0 amide bonds. The Labute approximate surface area is 144 Å². The Hall–Kier alpha value is -2.79. The molecule has 0 unspecified atom stereocenters. The van der Waals surface area contributed by atoms with Gasteiger partial charge in [0, 0.05) is 5.56 Å². The van der Waals surface area contributed by atoms with Crippen LogP contribution in [0.5, 0.6) is 5.75 Å². The van der Waals surface area contributed by atoms with Gasteiger partial charge >= 0.3 is 0 Å². The van der Waals surface area contributed by atoms with E-state index in [2.05, 4.69) is 10.1 Å². The van der Waals surface area contributed by atoms with Crippen molar-refractivity contribution in [2.24, 2.45) is 5.16 Å². The molecule has 1 aromatic heterocycles. The molecule has 24 heavy (non-hydrogen) atoms. The Morgan fingerprint density at radius 3 is 2.75 bits per heavy atom. The first-order chi connectivity index (χ1) is 11.7. The molecule has 0 radical (unpaired) electrons. The number of benzene rings is 2. The molecule has 0 aliphatic carbocycles. The maximum Gasteiger partial charge on any atom is 0.226 e. The smallest absolute Gasteiger partial charge is 0.226 e. The molecule has 6 heteroatoms. The summed E-state index contributed by atoms with van der Waals surface area (Å²) in [5.74, 6) is 1.79. The maximum absolute atomic E-state index is 8.54. The van der Waals surface area contributed by atoms with Crippen LogP contribution in [-0.2, 0) is 6.61 Å². The van der Waals surface area contributed by atoms with Gasteiger partial charge in [0.05, 0.1) is 11.2 Å². The topological polar surface area (TPSA) is 67.9 Å². The zero-order chi connectivity index (χ0) is 16.9. The van der Waals surface area contributed by atoms with Crippen LogP contribution >= 0.6 is 11.6 Å². The molecule has 0 spiro atoms. The number of nitrogens with zero attached hydrogens (tertiary/aromatic N) is 2. The van der Waals surface area contributed by atoms with E-state index in [0.717, 1.165) is 5.56 Å². The Balaban J connectivity index is 1.74. The molecule has 0 fully saturated rings. The van der Waals surface area contributed by atoms with Gasteiger partial charge in [-0.15, -0.1) is 0 Å². The number of rotatable bonds is 5. The number of oxime groups is 1. The summed E-state index contributed by atoms with van der Waals surface area (Å²) < 4.78 is 11.4. The molecule has 2 aromatic carbocycles.